The van der Waals surface area contributed by atoms with Crippen LogP contribution in [0, 0.1) is 10.1 Å². The van der Waals surface area contributed by atoms with Gasteiger partial charge in [-0.05, 0) is 26.3 Å². The van der Waals surface area contributed by atoms with Crippen LogP contribution in [0.25, 0.3) is 0 Å². The number of non-ortho nitro benzene ring substituents is 1. The van der Waals surface area contributed by atoms with Gasteiger partial charge in [0.1, 0.15) is 0 Å². The zero-order chi connectivity index (χ0) is 13.7. The Morgan fingerprint density at radius 2 is 2.11 bits per heavy atom. The van der Waals surface area contributed by atoms with Gasteiger partial charge >= 0.3 is 0 Å². The quantitative estimate of drug-likeness (QED) is 0.506. The van der Waals surface area contributed by atoms with E-state index in [1.807, 2.05) is 13.8 Å². The van der Waals surface area contributed by atoms with Crippen molar-refractivity contribution in [3.8, 4) is 0 Å². The first-order chi connectivity index (χ1) is 8.40. The average Bonchev–Trinajstić information content (AvgIpc) is 2.27. The minimum Gasteiger partial charge on any atom is -0.346 e. The molecule has 0 bridgehead atoms. The fraction of sp³-hybridized carbons (Fsp3) is 0.308. The van der Waals surface area contributed by atoms with Gasteiger partial charge in [-0.1, -0.05) is 17.7 Å². The highest BCUT2D eigenvalue weighted by molar-refractivity contribution is 5.88. The monoisotopic (exact) mass is 248 g/mol. The number of carbonyl (C=O) groups excluding carboxylic acids is 1. The molecule has 0 spiro atoms. The number of hydrogen-bond donors (Lipinski definition) is 1. The topological polar surface area (TPSA) is 72.2 Å². The molecule has 1 N–H and O–H groups in total. The smallest absolute Gasteiger partial charge is 0.269 e. The predicted molar refractivity (Wildman–Crippen MR) is 69.1 cm³/mol. The SMILES string of the molecule is CC(C)=CC(=O)NC(C)c1cccc([N+](=O)[O-])c1. The molecule has 0 aliphatic carbocycles. The molecule has 1 aromatic carbocycles. The Morgan fingerprint density at radius 3 is 2.67 bits per heavy atom. The normalized spacial score (nSPS) is 11.5. The number of nitro groups is 1. The number of rotatable bonds is 4. The summed E-state index contributed by atoms with van der Waals surface area (Å²) in [5, 5.41) is 13.4. The van der Waals surface area contributed by atoms with Crippen molar-refractivity contribution in [2.45, 2.75) is 26.8 Å². The van der Waals surface area contributed by atoms with Crippen LogP contribution in [0.4, 0.5) is 5.69 Å². The Hall–Kier alpha value is -2.17. The van der Waals surface area contributed by atoms with Crippen LogP contribution in [-0.2, 0) is 4.79 Å². The van der Waals surface area contributed by atoms with Crippen molar-refractivity contribution in [2.75, 3.05) is 0 Å². The van der Waals surface area contributed by atoms with Gasteiger partial charge in [-0.25, -0.2) is 0 Å². The Bertz CT molecular complexity index is 491. The molecule has 1 aromatic rings. The van der Waals surface area contributed by atoms with Gasteiger partial charge in [0.2, 0.25) is 5.91 Å². The Labute approximate surface area is 106 Å². The van der Waals surface area contributed by atoms with Gasteiger partial charge in [0.15, 0.2) is 0 Å². The second-order valence-electron chi connectivity index (χ2n) is 4.30. The second-order valence-corrected chi connectivity index (χ2v) is 4.30. The molecular weight excluding hydrogens is 232 g/mol. The molecule has 0 aliphatic heterocycles. The van der Waals surface area contributed by atoms with E-state index in [9.17, 15) is 14.9 Å². The fourth-order valence-corrected chi connectivity index (χ4v) is 1.51. The number of nitrogens with zero attached hydrogens (tertiary/aromatic N) is 1. The molecule has 0 fully saturated rings. The first kappa shape index (κ1) is 13.9. The molecule has 1 amide bonds. The second kappa shape index (κ2) is 5.95. The van der Waals surface area contributed by atoms with E-state index < -0.39 is 4.92 Å². The summed E-state index contributed by atoms with van der Waals surface area (Å²) >= 11 is 0. The molecule has 0 radical (unpaired) electrons. The van der Waals surface area contributed by atoms with Crippen LogP contribution in [0.3, 0.4) is 0 Å². The van der Waals surface area contributed by atoms with Crippen molar-refractivity contribution in [3.63, 3.8) is 0 Å². The number of allylic oxidation sites excluding steroid dienone is 1. The lowest BCUT2D eigenvalue weighted by molar-refractivity contribution is -0.384. The summed E-state index contributed by atoms with van der Waals surface area (Å²) in [6.45, 7) is 5.45. The molecular formula is C13H16N2O3. The maximum absolute atomic E-state index is 11.5. The largest absolute Gasteiger partial charge is 0.346 e. The summed E-state index contributed by atoms with van der Waals surface area (Å²) in [7, 11) is 0. The molecule has 0 saturated heterocycles. The van der Waals surface area contributed by atoms with Crippen LogP contribution in [0.2, 0.25) is 0 Å². The highest BCUT2D eigenvalue weighted by Gasteiger charge is 2.12. The molecule has 1 rings (SSSR count). The summed E-state index contributed by atoms with van der Waals surface area (Å²) in [4.78, 5) is 21.7. The van der Waals surface area contributed by atoms with E-state index in [0.717, 1.165) is 5.57 Å². The number of nitro benzene ring substituents is 1. The molecule has 1 atom stereocenters. The van der Waals surface area contributed by atoms with Gasteiger partial charge in [-0.15, -0.1) is 0 Å². The molecule has 1 unspecified atom stereocenters. The number of benzene rings is 1. The lowest BCUT2D eigenvalue weighted by atomic mass is 10.1. The lowest BCUT2D eigenvalue weighted by Gasteiger charge is -2.12. The summed E-state index contributed by atoms with van der Waals surface area (Å²) < 4.78 is 0. The van der Waals surface area contributed by atoms with E-state index in [4.69, 9.17) is 0 Å². The van der Waals surface area contributed by atoms with Gasteiger partial charge < -0.3 is 5.32 Å². The molecule has 0 aromatic heterocycles. The van der Waals surface area contributed by atoms with Crippen molar-refractivity contribution in [3.05, 3.63) is 51.6 Å². The van der Waals surface area contributed by atoms with Crippen molar-refractivity contribution in [1.82, 2.24) is 5.32 Å². The van der Waals surface area contributed by atoms with Gasteiger partial charge in [-0.2, -0.15) is 0 Å². The minimum atomic E-state index is -0.450. The van der Waals surface area contributed by atoms with Crippen LogP contribution in [0.1, 0.15) is 32.4 Å². The molecule has 0 aliphatic rings. The first-order valence-electron chi connectivity index (χ1n) is 5.60. The molecule has 0 heterocycles. The van der Waals surface area contributed by atoms with Crippen LogP contribution < -0.4 is 5.32 Å². The number of hydrogen-bond acceptors (Lipinski definition) is 3. The molecule has 5 heteroatoms. The number of carbonyl (C=O) groups is 1. The first-order valence-corrected chi connectivity index (χ1v) is 5.60. The zero-order valence-corrected chi connectivity index (χ0v) is 10.6. The highest BCUT2D eigenvalue weighted by Crippen LogP contribution is 2.18. The van der Waals surface area contributed by atoms with E-state index in [0.29, 0.717) is 5.56 Å². The standard InChI is InChI=1S/C13H16N2O3/c1-9(2)7-13(16)14-10(3)11-5-4-6-12(8-11)15(17)18/h4-8,10H,1-3H3,(H,14,16). The summed E-state index contributed by atoms with van der Waals surface area (Å²) in [5.41, 5.74) is 1.63. The third kappa shape index (κ3) is 4.01. The summed E-state index contributed by atoms with van der Waals surface area (Å²) in [6, 6.07) is 5.98. The highest BCUT2D eigenvalue weighted by atomic mass is 16.6. The van der Waals surface area contributed by atoms with Gasteiger partial charge in [-0.3, -0.25) is 14.9 Å². The van der Waals surface area contributed by atoms with Crippen LogP contribution in [0.5, 0.6) is 0 Å². The molecule has 0 saturated carbocycles. The van der Waals surface area contributed by atoms with Crippen LogP contribution in [0.15, 0.2) is 35.9 Å². The van der Waals surface area contributed by atoms with Crippen molar-refractivity contribution in [1.29, 1.82) is 0 Å². The average molecular weight is 248 g/mol. The fourth-order valence-electron chi connectivity index (χ4n) is 1.51. The Kier molecular flexibility index (Phi) is 4.59. The third-order valence-corrected chi connectivity index (χ3v) is 2.36. The minimum absolute atomic E-state index is 0.0239. The van der Waals surface area contributed by atoms with Gasteiger partial charge in [0.25, 0.3) is 5.69 Å². The molecule has 5 nitrogen and oxygen atoms in total. The number of nitrogens with one attached hydrogen (secondary N) is 1. The Balaban J connectivity index is 2.81. The zero-order valence-electron chi connectivity index (χ0n) is 10.6. The molecule has 96 valence electrons. The maximum Gasteiger partial charge on any atom is 0.269 e. The van der Waals surface area contributed by atoms with Crippen molar-refractivity contribution < 1.29 is 9.72 Å². The maximum atomic E-state index is 11.5. The van der Waals surface area contributed by atoms with Crippen LogP contribution in [-0.4, -0.2) is 10.8 Å². The lowest BCUT2D eigenvalue weighted by Crippen LogP contribution is -2.24. The van der Waals surface area contributed by atoms with Crippen molar-refractivity contribution >= 4 is 11.6 Å². The predicted octanol–water partition coefficient (Wildman–Crippen LogP) is 2.74. The van der Waals surface area contributed by atoms with E-state index in [-0.39, 0.29) is 17.6 Å². The Morgan fingerprint density at radius 1 is 1.44 bits per heavy atom. The van der Waals surface area contributed by atoms with E-state index in [1.165, 1.54) is 18.2 Å². The van der Waals surface area contributed by atoms with E-state index >= 15 is 0 Å². The summed E-state index contributed by atoms with van der Waals surface area (Å²) in [6.07, 6.45) is 1.49. The molecule has 18 heavy (non-hydrogen) atoms. The van der Waals surface area contributed by atoms with Gasteiger partial charge in [0.05, 0.1) is 11.0 Å². The van der Waals surface area contributed by atoms with Gasteiger partial charge in [0, 0.05) is 18.2 Å². The van der Waals surface area contributed by atoms with Crippen molar-refractivity contribution in [2.24, 2.45) is 0 Å². The van der Waals surface area contributed by atoms with E-state index in [2.05, 4.69) is 5.32 Å². The number of amides is 1. The summed E-state index contributed by atoms with van der Waals surface area (Å²) in [5.74, 6) is -0.200. The third-order valence-electron chi connectivity index (χ3n) is 2.36. The van der Waals surface area contributed by atoms with E-state index in [1.54, 1.807) is 19.1 Å². The van der Waals surface area contributed by atoms with Crippen LogP contribution >= 0.6 is 0 Å².